The van der Waals surface area contributed by atoms with Gasteiger partial charge in [-0.25, -0.2) is 18.6 Å². The molecule has 0 radical (unpaired) electrons. The van der Waals surface area contributed by atoms with Gasteiger partial charge in [-0.1, -0.05) is 51.3 Å². The summed E-state index contributed by atoms with van der Waals surface area (Å²) < 4.78 is 47.3. The van der Waals surface area contributed by atoms with E-state index in [0.717, 1.165) is 30.5 Å². The third-order valence-corrected chi connectivity index (χ3v) is 6.77. The van der Waals surface area contributed by atoms with Crippen molar-refractivity contribution < 1.29 is 47.3 Å². The minimum atomic E-state index is -1.11. The topological polar surface area (TPSA) is 203 Å². The number of benzene rings is 2. The highest BCUT2D eigenvalue weighted by Crippen LogP contribution is 2.29. The summed E-state index contributed by atoms with van der Waals surface area (Å²) in [7, 11) is 1.24. The number of methoxy groups -OCH3 is 1. The summed E-state index contributed by atoms with van der Waals surface area (Å²) in [5, 5.41) is 18.8. The van der Waals surface area contributed by atoms with Gasteiger partial charge in [0, 0.05) is 35.7 Å². The first-order valence-corrected chi connectivity index (χ1v) is 18.3. The molecule has 0 amide bonds. The van der Waals surface area contributed by atoms with E-state index in [9.17, 15) is 18.8 Å². The van der Waals surface area contributed by atoms with Crippen molar-refractivity contribution >= 4 is 53.4 Å². The molecule has 1 aromatic heterocycles. The van der Waals surface area contributed by atoms with E-state index in [4.69, 9.17) is 30.5 Å². The summed E-state index contributed by atoms with van der Waals surface area (Å²) >= 11 is 0.958. The van der Waals surface area contributed by atoms with Crippen molar-refractivity contribution in [2.75, 3.05) is 36.6 Å². The second kappa shape index (κ2) is 25.9. The number of nitrogens with two attached hydrogens (primary N) is 1. The van der Waals surface area contributed by atoms with Crippen molar-refractivity contribution in [1.82, 2.24) is 4.98 Å². The van der Waals surface area contributed by atoms with Crippen LogP contribution in [0.15, 0.2) is 48.7 Å². The molecule has 0 aliphatic rings. The van der Waals surface area contributed by atoms with Crippen molar-refractivity contribution in [1.29, 1.82) is 5.41 Å². The van der Waals surface area contributed by atoms with Gasteiger partial charge in [-0.2, -0.15) is 0 Å². The largest absolute Gasteiger partial charge is 0.483 e. The number of carbonyl (C=O) groups excluding carboxylic acids is 3. The molecule has 0 saturated carbocycles. The Bertz CT molecular complexity index is 1640. The molecule has 0 saturated heterocycles. The molecule has 0 aliphatic heterocycles. The number of ketones is 1. The fraction of sp³-hybridized carbons (Fsp3) is 0.421. The number of nitrogens with zero attached hydrogens (tertiary/aromatic N) is 1. The maximum atomic E-state index is 15.2. The van der Waals surface area contributed by atoms with Gasteiger partial charge in [0.2, 0.25) is 5.78 Å². The molecule has 1 heterocycles. The highest BCUT2D eigenvalue weighted by Gasteiger charge is 2.26. The standard InChI is InChI=1S/C31H34F2N4O6S.C4H11N.C2H6.CH2O2/c1-5-7-24(42-6-2)36-30-22(27(34)29(39)21-12-13-23(32)28(26(21)33)37-44-4)16-20(17-35-30)18-8-10-19(11-9-18)31(40)43-15-14-25(38)41-3;1-4(2,3)5;1-2;2-1-3/h8-13,16-17,24,34,37H,5-7,14-15H2,1-4H3,(H,35,36);5H2,1-3H3;1-2H3;1H,(H,2,3). The van der Waals surface area contributed by atoms with E-state index in [1.54, 1.807) is 24.5 Å². The zero-order chi connectivity index (χ0) is 41.4. The number of halogens is 2. The molecule has 54 heavy (non-hydrogen) atoms. The average Bonchev–Trinajstić information content (AvgIpc) is 3.13. The Kier molecular flexibility index (Phi) is 23.6. The van der Waals surface area contributed by atoms with Gasteiger partial charge in [0.25, 0.3) is 6.47 Å². The second-order valence-corrected chi connectivity index (χ2v) is 12.4. The lowest BCUT2D eigenvalue weighted by Gasteiger charge is -2.21. The van der Waals surface area contributed by atoms with Gasteiger partial charge in [0.1, 0.15) is 35.9 Å². The van der Waals surface area contributed by atoms with Crippen LogP contribution in [0.5, 0.6) is 0 Å². The molecule has 298 valence electrons. The predicted molar refractivity (Wildman–Crippen MR) is 209 cm³/mol. The smallest absolute Gasteiger partial charge is 0.338 e. The molecule has 3 aromatic rings. The first-order chi connectivity index (χ1) is 25.6. The van der Waals surface area contributed by atoms with Gasteiger partial charge in [0.05, 0.1) is 24.7 Å². The fourth-order valence-corrected chi connectivity index (χ4v) is 4.52. The Morgan fingerprint density at radius 1 is 1.06 bits per heavy atom. The molecule has 2 aromatic carbocycles. The highest BCUT2D eigenvalue weighted by atomic mass is 32.2. The van der Waals surface area contributed by atoms with Crippen LogP contribution in [0.3, 0.4) is 0 Å². The minimum absolute atomic E-state index is 0. The molecule has 1 atom stereocenters. The Hall–Kier alpha value is -4.93. The highest BCUT2D eigenvalue weighted by molar-refractivity contribution is 7.99. The van der Waals surface area contributed by atoms with Crippen LogP contribution in [0.4, 0.5) is 20.3 Å². The number of nitrogens with one attached hydrogen (secondary N) is 3. The summed E-state index contributed by atoms with van der Waals surface area (Å²) in [5.41, 5.74) is 5.25. The van der Waals surface area contributed by atoms with Crippen LogP contribution in [0.1, 0.15) is 94.0 Å². The second-order valence-electron chi connectivity index (χ2n) is 11.8. The van der Waals surface area contributed by atoms with E-state index >= 15 is 4.39 Å². The first-order valence-electron chi connectivity index (χ1n) is 17.1. The zero-order valence-corrected chi connectivity index (χ0v) is 33.1. The van der Waals surface area contributed by atoms with E-state index in [-0.39, 0.29) is 42.0 Å². The monoisotopic (exact) mass is 777 g/mol. The van der Waals surface area contributed by atoms with E-state index in [1.807, 2.05) is 48.5 Å². The SMILES string of the molecule is CC.CC(C)(C)N.CCCC(Nc1ncc(-c2ccc(C(=O)OCCC(=O)OC)cc2)cc1C(=N)C(=O)c1ccc(F)c(NSC)c1F)OCC.O=CO. The van der Waals surface area contributed by atoms with Crippen molar-refractivity contribution in [3.8, 4) is 11.1 Å². The van der Waals surface area contributed by atoms with Gasteiger partial charge in [-0.15, -0.1) is 0 Å². The number of esters is 2. The van der Waals surface area contributed by atoms with Crippen LogP contribution in [0.25, 0.3) is 11.1 Å². The predicted octanol–water partition coefficient (Wildman–Crippen LogP) is 7.73. The third-order valence-electron chi connectivity index (χ3n) is 6.36. The van der Waals surface area contributed by atoms with Crippen LogP contribution < -0.4 is 15.8 Å². The Labute approximate surface area is 320 Å². The Balaban J connectivity index is 0.00000251. The Morgan fingerprint density at radius 3 is 2.17 bits per heavy atom. The summed E-state index contributed by atoms with van der Waals surface area (Å²) in [6.45, 7) is 13.7. The van der Waals surface area contributed by atoms with Crippen LogP contribution in [0, 0.1) is 17.0 Å². The molecule has 3 rings (SSSR count). The molecular formula is C38H53F2N5O8S. The number of pyridine rings is 1. The normalized spacial score (nSPS) is 10.7. The van der Waals surface area contributed by atoms with E-state index in [2.05, 4.69) is 19.8 Å². The average molecular weight is 778 g/mol. The lowest BCUT2D eigenvalue weighted by atomic mass is 9.97. The molecular weight excluding hydrogens is 725 g/mol. The van der Waals surface area contributed by atoms with Crippen LogP contribution >= 0.6 is 11.9 Å². The van der Waals surface area contributed by atoms with Crippen molar-refractivity contribution in [3.63, 3.8) is 0 Å². The molecule has 6 N–H and O–H groups in total. The van der Waals surface area contributed by atoms with Gasteiger partial charge in [-0.3, -0.25) is 19.8 Å². The van der Waals surface area contributed by atoms with Gasteiger partial charge >= 0.3 is 11.9 Å². The van der Waals surface area contributed by atoms with E-state index < -0.39 is 52.5 Å². The third kappa shape index (κ3) is 17.3. The van der Waals surface area contributed by atoms with Crippen molar-refractivity contribution in [2.45, 2.75) is 79.5 Å². The van der Waals surface area contributed by atoms with E-state index in [0.29, 0.717) is 24.2 Å². The first kappa shape index (κ1) is 49.1. The molecule has 0 spiro atoms. The van der Waals surface area contributed by atoms with Gasteiger partial charge < -0.3 is 35.1 Å². The summed E-state index contributed by atoms with van der Waals surface area (Å²) in [6, 6.07) is 9.84. The summed E-state index contributed by atoms with van der Waals surface area (Å²) in [6.07, 6.45) is 3.97. The lowest BCUT2D eigenvalue weighted by Crippen LogP contribution is -2.26. The molecule has 13 nitrogen and oxygen atoms in total. The number of Topliss-reactive ketones (excluding diaryl/α,β-unsaturated/α-hetero) is 1. The number of aromatic nitrogens is 1. The van der Waals surface area contributed by atoms with Crippen molar-refractivity contribution in [3.05, 3.63) is 77.0 Å². The zero-order valence-electron chi connectivity index (χ0n) is 32.3. The van der Waals surface area contributed by atoms with E-state index in [1.165, 1.54) is 25.4 Å². The van der Waals surface area contributed by atoms with Crippen LogP contribution in [0.2, 0.25) is 0 Å². The van der Waals surface area contributed by atoms with Crippen LogP contribution in [-0.2, 0) is 23.8 Å². The molecule has 0 aliphatic carbocycles. The van der Waals surface area contributed by atoms with Crippen molar-refractivity contribution in [2.24, 2.45) is 5.73 Å². The number of rotatable bonds is 16. The number of carboxylic acid groups (broad SMARTS) is 1. The lowest BCUT2D eigenvalue weighted by molar-refractivity contribution is -0.141. The van der Waals surface area contributed by atoms with Crippen LogP contribution in [-0.4, -0.2) is 78.3 Å². The minimum Gasteiger partial charge on any atom is -0.483 e. The maximum Gasteiger partial charge on any atom is 0.338 e. The number of carbonyl (C=O) groups is 4. The maximum absolute atomic E-state index is 15.2. The number of anilines is 2. The molecule has 16 heteroatoms. The number of ether oxygens (including phenoxy) is 3. The summed E-state index contributed by atoms with van der Waals surface area (Å²) in [5.74, 6) is -3.90. The Morgan fingerprint density at radius 2 is 1.65 bits per heavy atom. The quantitative estimate of drug-likeness (QED) is 0.0236. The molecule has 1 unspecified atom stereocenters. The number of hydrogen-bond acceptors (Lipinski definition) is 13. The molecule has 0 fully saturated rings. The van der Waals surface area contributed by atoms with Gasteiger partial charge in [0.15, 0.2) is 5.82 Å². The molecule has 0 bridgehead atoms. The van der Waals surface area contributed by atoms with Gasteiger partial charge in [-0.05, 0) is 70.0 Å². The summed E-state index contributed by atoms with van der Waals surface area (Å²) in [4.78, 5) is 49.9. The number of hydrogen-bond donors (Lipinski definition) is 5. The fourth-order valence-electron chi connectivity index (χ4n) is 4.13.